The molecule has 6 nitrogen and oxygen atoms in total. The van der Waals surface area contributed by atoms with Gasteiger partial charge in [0.1, 0.15) is 6.33 Å². The van der Waals surface area contributed by atoms with E-state index in [-0.39, 0.29) is 12.1 Å². The first-order valence-electron chi connectivity index (χ1n) is 6.68. The molecule has 0 aliphatic rings. The molecule has 0 aliphatic heterocycles. The highest BCUT2D eigenvalue weighted by molar-refractivity contribution is 5.64. The van der Waals surface area contributed by atoms with E-state index in [9.17, 15) is 5.11 Å². The van der Waals surface area contributed by atoms with Crippen LogP contribution >= 0.6 is 0 Å². The Hall–Kier alpha value is -1.56. The second-order valence-electron chi connectivity index (χ2n) is 4.41. The first-order chi connectivity index (χ1) is 9.16. The number of anilines is 2. The minimum atomic E-state index is -0.384. The smallest absolute Gasteiger partial charge is 0.204 e. The average molecular weight is 268 g/mol. The topological polar surface area (TPSA) is 79.3 Å². The number of aromatic nitrogens is 2. The Bertz CT molecular complexity index is 386. The van der Waals surface area contributed by atoms with Crippen molar-refractivity contribution in [1.29, 1.82) is 0 Å². The van der Waals surface area contributed by atoms with Gasteiger partial charge in [0.2, 0.25) is 5.75 Å². The van der Waals surface area contributed by atoms with Gasteiger partial charge >= 0.3 is 0 Å². The van der Waals surface area contributed by atoms with Crippen molar-refractivity contribution in [1.82, 2.24) is 9.97 Å². The van der Waals surface area contributed by atoms with Crippen LogP contribution in [0.5, 0.6) is 5.75 Å². The van der Waals surface area contributed by atoms with Gasteiger partial charge in [-0.3, -0.25) is 0 Å². The molecule has 0 aromatic carbocycles. The van der Waals surface area contributed by atoms with E-state index in [0.717, 1.165) is 19.4 Å². The largest absolute Gasteiger partial charge is 0.490 e. The summed E-state index contributed by atoms with van der Waals surface area (Å²) in [5.41, 5.74) is -0.384. The summed E-state index contributed by atoms with van der Waals surface area (Å²) in [6, 6.07) is 0. The van der Waals surface area contributed by atoms with E-state index < -0.39 is 0 Å². The standard InChI is InChI=1S/C13H24N4O2/c1-5-13(6-2,8-18)17-12-10(19-4)11(14-7-3)15-9-16-12/h9,18H,5-8H2,1-4H3,(H2,14,15,16,17). The third kappa shape index (κ3) is 3.47. The lowest BCUT2D eigenvalue weighted by Gasteiger charge is -2.32. The normalized spacial score (nSPS) is 11.2. The van der Waals surface area contributed by atoms with Crippen molar-refractivity contribution in [3.63, 3.8) is 0 Å². The minimum Gasteiger partial charge on any atom is -0.490 e. The van der Waals surface area contributed by atoms with Crippen molar-refractivity contribution in [2.75, 3.05) is 30.9 Å². The second kappa shape index (κ2) is 7.13. The van der Waals surface area contributed by atoms with Crippen molar-refractivity contribution in [2.45, 2.75) is 39.2 Å². The number of rotatable bonds is 8. The average Bonchev–Trinajstić information content (AvgIpc) is 2.45. The molecule has 6 heteroatoms. The Morgan fingerprint density at radius 1 is 1.21 bits per heavy atom. The quantitative estimate of drug-likeness (QED) is 0.668. The zero-order chi connectivity index (χ0) is 14.3. The lowest BCUT2D eigenvalue weighted by atomic mass is 9.94. The van der Waals surface area contributed by atoms with Crippen LogP contribution < -0.4 is 15.4 Å². The molecule has 108 valence electrons. The van der Waals surface area contributed by atoms with Gasteiger partial charge in [-0.1, -0.05) is 13.8 Å². The summed E-state index contributed by atoms with van der Waals surface area (Å²) < 4.78 is 5.38. The van der Waals surface area contributed by atoms with E-state index in [1.54, 1.807) is 7.11 Å². The number of nitrogens with one attached hydrogen (secondary N) is 2. The molecule has 1 aromatic heterocycles. The maximum Gasteiger partial charge on any atom is 0.204 e. The summed E-state index contributed by atoms with van der Waals surface area (Å²) in [5.74, 6) is 1.83. The van der Waals surface area contributed by atoms with Gasteiger partial charge in [-0.25, -0.2) is 9.97 Å². The van der Waals surface area contributed by atoms with E-state index in [4.69, 9.17) is 4.74 Å². The highest BCUT2D eigenvalue weighted by Gasteiger charge is 2.27. The molecule has 0 saturated carbocycles. The van der Waals surface area contributed by atoms with Crippen LogP contribution in [0.3, 0.4) is 0 Å². The Kier molecular flexibility index (Phi) is 5.82. The molecule has 0 atom stereocenters. The first kappa shape index (κ1) is 15.5. The molecule has 1 heterocycles. The fourth-order valence-corrected chi connectivity index (χ4v) is 1.89. The Labute approximate surface area is 114 Å². The van der Waals surface area contributed by atoms with Crippen molar-refractivity contribution in [3.05, 3.63) is 6.33 Å². The number of methoxy groups -OCH3 is 1. The van der Waals surface area contributed by atoms with E-state index in [2.05, 4.69) is 20.6 Å². The predicted octanol–water partition coefficient (Wildman–Crippen LogP) is 1.88. The Balaban J connectivity index is 3.09. The van der Waals surface area contributed by atoms with Crippen LogP contribution in [0.4, 0.5) is 11.6 Å². The maximum atomic E-state index is 9.61. The van der Waals surface area contributed by atoms with Crippen molar-refractivity contribution < 1.29 is 9.84 Å². The molecule has 0 saturated heterocycles. The highest BCUT2D eigenvalue weighted by Crippen LogP contribution is 2.32. The fourth-order valence-electron chi connectivity index (χ4n) is 1.89. The molecule has 0 spiro atoms. The molecular formula is C13H24N4O2. The summed E-state index contributed by atoms with van der Waals surface area (Å²) in [6.07, 6.45) is 3.07. The predicted molar refractivity (Wildman–Crippen MR) is 76.8 cm³/mol. The van der Waals surface area contributed by atoms with Gasteiger partial charge in [-0.05, 0) is 19.8 Å². The zero-order valence-corrected chi connectivity index (χ0v) is 12.2. The van der Waals surface area contributed by atoms with Gasteiger partial charge < -0.3 is 20.5 Å². The van der Waals surface area contributed by atoms with Crippen LogP contribution in [0.15, 0.2) is 6.33 Å². The van der Waals surface area contributed by atoms with Crippen molar-refractivity contribution in [3.8, 4) is 5.75 Å². The number of ether oxygens (including phenoxy) is 1. The van der Waals surface area contributed by atoms with Crippen LogP contribution in [0.25, 0.3) is 0 Å². The zero-order valence-electron chi connectivity index (χ0n) is 12.2. The Morgan fingerprint density at radius 3 is 2.32 bits per heavy atom. The molecule has 0 fully saturated rings. The third-order valence-corrected chi connectivity index (χ3v) is 3.39. The van der Waals surface area contributed by atoms with Crippen LogP contribution in [0, 0.1) is 0 Å². The lowest BCUT2D eigenvalue weighted by Crippen LogP contribution is -2.41. The van der Waals surface area contributed by atoms with Crippen LogP contribution in [0.2, 0.25) is 0 Å². The summed E-state index contributed by atoms with van der Waals surface area (Å²) >= 11 is 0. The third-order valence-electron chi connectivity index (χ3n) is 3.39. The van der Waals surface area contributed by atoms with Crippen LogP contribution in [-0.4, -0.2) is 40.9 Å². The summed E-state index contributed by atoms with van der Waals surface area (Å²) in [7, 11) is 1.59. The molecule has 1 rings (SSSR count). The van der Waals surface area contributed by atoms with E-state index in [0.29, 0.717) is 17.4 Å². The Morgan fingerprint density at radius 2 is 1.84 bits per heavy atom. The van der Waals surface area contributed by atoms with Gasteiger partial charge in [0, 0.05) is 6.54 Å². The van der Waals surface area contributed by atoms with Gasteiger partial charge in [0.25, 0.3) is 0 Å². The van der Waals surface area contributed by atoms with Gasteiger partial charge in [-0.2, -0.15) is 0 Å². The fraction of sp³-hybridized carbons (Fsp3) is 0.692. The first-order valence-corrected chi connectivity index (χ1v) is 6.68. The van der Waals surface area contributed by atoms with Crippen molar-refractivity contribution in [2.24, 2.45) is 0 Å². The van der Waals surface area contributed by atoms with Crippen LogP contribution in [-0.2, 0) is 0 Å². The maximum absolute atomic E-state index is 9.61. The minimum absolute atomic E-state index is 0.0453. The number of hydrogen-bond donors (Lipinski definition) is 3. The summed E-state index contributed by atoms with van der Waals surface area (Å²) in [5, 5.41) is 16.0. The number of aliphatic hydroxyl groups excluding tert-OH is 1. The molecule has 19 heavy (non-hydrogen) atoms. The molecular weight excluding hydrogens is 244 g/mol. The van der Waals surface area contributed by atoms with Crippen LogP contribution in [0.1, 0.15) is 33.6 Å². The number of hydrogen-bond acceptors (Lipinski definition) is 6. The lowest BCUT2D eigenvalue weighted by molar-refractivity contribution is 0.201. The molecule has 1 aromatic rings. The highest BCUT2D eigenvalue weighted by atomic mass is 16.5. The molecule has 0 aliphatic carbocycles. The number of aliphatic hydroxyl groups is 1. The van der Waals surface area contributed by atoms with Gasteiger partial charge in [0.05, 0.1) is 19.3 Å². The molecule has 0 bridgehead atoms. The molecule has 3 N–H and O–H groups in total. The van der Waals surface area contributed by atoms with E-state index in [1.807, 2.05) is 20.8 Å². The monoisotopic (exact) mass is 268 g/mol. The molecule has 0 radical (unpaired) electrons. The second-order valence-corrected chi connectivity index (χ2v) is 4.41. The van der Waals surface area contributed by atoms with E-state index in [1.165, 1.54) is 6.33 Å². The molecule has 0 unspecified atom stereocenters. The van der Waals surface area contributed by atoms with Gasteiger partial charge in [0.15, 0.2) is 11.6 Å². The summed E-state index contributed by atoms with van der Waals surface area (Å²) in [6.45, 7) is 6.85. The summed E-state index contributed by atoms with van der Waals surface area (Å²) in [4.78, 5) is 8.38. The molecule has 0 amide bonds. The number of nitrogens with zero attached hydrogens (tertiary/aromatic N) is 2. The SMILES string of the molecule is CCNc1ncnc(NC(CC)(CC)CO)c1OC. The van der Waals surface area contributed by atoms with Gasteiger partial charge in [-0.15, -0.1) is 0 Å². The van der Waals surface area contributed by atoms with Crippen molar-refractivity contribution >= 4 is 11.6 Å². The van der Waals surface area contributed by atoms with E-state index >= 15 is 0 Å².